The normalized spacial score (nSPS) is 13.2. The molecule has 0 saturated carbocycles. The van der Waals surface area contributed by atoms with Gasteiger partial charge in [-0.1, -0.05) is 11.6 Å². The van der Waals surface area contributed by atoms with Crippen molar-refractivity contribution in [2.75, 3.05) is 24.3 Å². The molecule has 0 spiro atoms. The lowest BCUT2D eigenvalue weighted by Crippen LogP contribution is -2.27. The molecule has 0 unspecified atom stereocenters. The molecule has 1 aliphatic rings. The van der Waals surface area contributed by atoms with E-state index in [0.29, 0.717) is 22.1 Å². The third-order valence-electron chi connectivity index (χ3n) is 2.18. The first kappa shape index (κ1) is 11.5. The van der Waals surface area contributed by atoms with Crippen LogP contribution in [-0.4, -0.2) is 25.6 Å². The maximum atomic E-state index is 11.2. The van der Waals surface area contributed by atoms with Crippen LogP contribution in [0.15, 0.2) is 12.1 Å². The summed E-state index contributed by atoms with van der Waals surface area (Å²) in [5.41, 5.74) is 0.912. The second-order valence-corrected chi connectivity index (χ2v) is 3.78. The zero-order valence-electron chi connectivity index (χ0n) is 8.96. The number of rotatable bonds is 1. The largest absolute Gasteiger partial charge is 0.482 e. The van der Waals surface area contributed by atoms with Gasteiger partial charge < -0.3 is 20.7 Å². The first-order chi connectivity index (χ1) is 8.10. The van der Waals surface area contributed by atoms with Crippen molar-refractivity contribution in [2.45, 2.75) is 0 Å². The molecule has 0 radical (unpaired) electrons. The Morgan fingerprint density at radius 3 is 3.00 bits per heavy atom. The molecule has 1 aromatic carbocycles. The Labute approximate surface area is 102 Å². The monoisotopic (exact) mass is 255 g/mol. The van der Waals surface area contributed by atoms with Crippen LogP contribution in [0.25, 0.3) is 0 Å². The van der Waals surface area contributed by atoms with Crippen molar-refractivity contribution >= 4 is 34.9 Å². The lowest BCUT2D eigenvalue weighted by Gasteiger charge is -2.19. The lowest BCUT2D eigenvalue weighted by molar-refractivity contribution is -0.118. The molecule has 6 nitrogen and oxygen atoms in total. The molecule has 2 rings (SSSR count). The molecule has 0 aliphatic carbocycles. The van der Waals surface area contributed by atoms with Gasteiger partial charge in [-0.15, -0.1) is 0 Å². The van der Waals surface area contributed by atoms with Gasteiger partial charge in [-0.3, -0.25) is 4.79 Å². The minimum Gasteiger partial charge on any atom is -0.482 e. The van der Waals surface area contributed by atoms with E-state index in [-0.39, 0.29) is 18.5 Å². The van der Waals surface area contributed by atoms with E-state index in [9.17, 15) is 9.59 Å². The summed E-state index contributed by atoms with van der Waals surface area (Å²) in [4.78, 5) is 22.2. The van der Waals surface area contributed by atoms with E-state index in [1.807, 2.05) is 0 Å². The van der Waals surface area contributed by atoms with Gasteiger partial charge in [0.15, 0.2) is 6.61 Å². The van der Waals surface area contributed by atoms with E-state index in [1.165, 1.54) is 13.1 Å². The molecule has 1 heterocycles. The van der Waals surface area contributed by atoms with Crippen molar-refractivity contribution in [1.29, 1.82) is 0 Å². The molecule has 0 saturated heterocycles. The Morgan fingerprint density at radius 1 is 1.53 bits per heavy atom. The Kier molecular flexibility index (Phi) is 3.06. The van der Waals surface area contributed by atoms with Gasteiger partial charge in [0.1, 0.15) is 5.75 Å². The number of carbonyl (C=O) groups excluding carboxylic acids is 2. The number of amides is 3. The van der Waals surface area contributed by atoms with Crippen LogP contribution in [0.4, 0.5) is 16.2 Å². The van der Waals surface area contributed by atoms with Crippen molar-refractivity contribution < 1.29 is 14.3 Å². The van der Waals surface area contributed by atoms with Crippen molar-refractivity contribution in [1.82, 2.24) is 5.32 Å². The molecule has 0 bridgehead atoms. The summed E-state index contributed by atoms with van der Waals surface area (Å²) in [6.45, 7) is -0.0476. The number of anilines is 2. The summed E-state index contributed by atoms with van der Waals surface area (Å²) < 4.78 is 5.20. The molecule has 90 valence electrons. The molecule has 3 amide bonds. The highest BCUT2D eigenvalue weighted by atomic mass is 35.5. The summed E-state index contributed by atoms with van der Waals surface area (Å²) >= 11 is 5.96. The number of nitrogens with one attached hydrogen (secondary N) is 3. The van der Waals surface area contributed by atoms with Crippen LogP contribution < -0.4 is 20.7 Å². The number of hydrogen-bond acceptors (Lipinski definition) is 3. The number of benzene rings is 1. The summed E-state index contributed by atoms with van der Waals surface area (Å²) in [6, 6.07) is 2.71. The van der Waals surface area contributed by atoms with E-state index in [2.05, 4.69) is 16.0 Å². The highest BCUT2D eigenvalue weighted by molar-refractivity contribution is 6.34. The highest BCUT2D eigenvalue weighted by Crippen LogP contribution is 2.36. The molecular formula is C10H10ClN3O3. The molecule has 0 atom stereocenters. The summed E-state index contributed by atoms with van der Waals surface area (Å²) in [5.74, 6) is 0.237. The number of fused-ring (bicyclic) bond motifs is 1. The summed E-state index contributed by atoms with van der Waals surface area (Å²) in [7, 11) is 1.50. The predicted molar refractivity (Wildman–Crippen MR) is 63.7 cm³/mol. The second-order valence-electron chi connectivity index (χ2n) is 3.37. The van der Waals surface area contributed by atoms with Crippen LogP contribution in [0.1, 0.15) is 0 Å². The molecule has 3 N–H and O–H groups in total. The SMILES string of the molecule is CNC(=O)Nc1cc2c(cc1Cl)NC(=O)CO2. The minimum atomic E-state index is -0.383. The third kappa shape index (κ3) is 2.42. The van der Waals surface area contributed by atoms with Crippen molar-refractivity contribution in [2.24, 2.45) is 0 Å². The average molecular weight is 256 g/mol. The number of hydrogen-bond donors (Lipinski definition) is 3. The zero-order chi connectivity index (χ0) is 12.4. The Morgan fingerprint density at radius 2 is 2.29 bits per heavy atom. The van der Waals surface area contributed by atoms with Crippen LogP contribution in [0.2, 0.25) is 5.02 Å². The number of ether oxygens (including phenoxy) is 1. The number of carbonyl (C=O) groups is 2. The maximum absolute atomic E-state index is 11.2. The highest BCUT2D eigenvalue weighted by Gasteiger charge is 2.18. The predicted octanol–water partition coefficient (Wildman–Crippen LogP) is 1.42. The van der Waals surface area contributed by atoms with Gasteiger partial charge in [0.05, 0.1) is 16.4 Å². The molecule has 0 aromatic heterocycles. The molecule has 1 aromatic rings. The van der Waals surface area contributed by atoms with Gasteiger partial charge in [0.25, 0.3) is 5.91 Å². The number of urea groups is 1. The van der Waals surface area contributed by atoms with Crippen molar-refractivity contribution in [3.63, 3.8) is 0 Å². The fourth-order valence-corrected chi connectivity index (χ4v) is 1.59. The van der Waals surface area contributed by atoms with Gasteiger partial charge >= 0.3 is 6.03 Å². The van der Waals surface area contributed by atoms with E-state index in [1.54, 1.807) is 6.07 Å². The molecular weight excluding hydrogens is 246 g/mol. The molecule has 17 heavy (non-hydrogen) atoms. The van der Waals surface area contributed by atoms with Crippen LogP contribution >= 0.6 is 11.6 Å². The minimum absolute atomic E-state index is 0.0476. The van der Waals surface area contributed by atoms with Crippen LogP contribution in [0.5, 0.6) is 5.75 Å². The molecule has 0 fully saturated rings. The van der Waals surface area contributed by atoms with Crippen LogP contribution in [0, 0.1) is 0 Å². The average Bonchev–Trinajstić information content (AvgIpc) is 2.30. The Balaban J connectivity index is 2.31. The topological polar surface area (TPSA) is 79.5 Å². The summed E-state index contributed by atoms with van der Waals surface area (Å²) in [5, 5.41) is 7.89. The van der Waals surface area contributed by atoms with E-state index in [0.717, 1.165) is 0 Å². The number of halogens is 1. The third-order valence-corrected chi connectivity index (χ3v) is 2.49. The Hall–Kier alpha value is -1.95. The van der Waals surface area contributed by atoms with E-state index in [4.69, 9.17) is 16.3 Å². The van der Waals surface area contributed by atoms with Gasteiger partial charge in [-0.25, -0.2) is 4.79 Å². The fraction of sp³-hybridized carbons (Fsp3) is 0.200. The first-order valence-electron chi connectivity index (χ1n) is 4.85. The first-order valence-corrected chi connectivity index (χ1v) is 5.23. The second kappa shape index (κ2) is 4.50. The van der Waals surface area contributed by atoms with Gasteiger partial charge in [-0.2, -0.15) is 0 Å². The van der Waals surface area contributed by atoms with Gasteiger partial charge in [-0.05, 0) is 6.07 Å². The van der Waals surface area contributed by atoms with Crippen molar-refractivity contribution in [3.05, 3.63) is 17.2 Å². The Bertz CT molecular complexity index is 490. The van der Waals surface area contributed by atoms with Crippen LogP contribution in [0.3, 0.4) is 0 Å². The maximum Gasteiger partial charge on any atom is 0.319 e. The lowest BCUT2D eigenvalue weighted by atomic mass is 10.2. The van der Waals surface area contributed by atoms with Crippen LogP contribution in [-0.2, 0) is 4.79 Å². The quantitative estimate of drug-likeness (QED) is 0.710. The van der Waals surface area contributed by atoms with Gasteiger partial charge in [0.2, 0.25) is 0 Å². The fourth-order valence-electron chi connectivity index (χ4n) is 1.38. The zero-order valence-corrected chi connectivity index (χ0v) is 9.72. The van der Waals surface area contributed by atoms with Gasteiger partial charge in [0, 0.05) is 13.1 Å². The van der Waals surface area contributed by atoms with E-state index < -0.39 is 0 Å². The van der Waals surface area contributed by atoms with Crippen molar-refractivity contribution in [3.8, 4) is 5.75 Å². The molecule has 7 heteroatoms. The summed E-state index contributed by atoms with van der Waals surface area (Å²) in [6.07, 6.45) is 0. The smallest absolute Gasteiger partial charge is 0.319 e. The standard InChI is InChI=1S/C10H10ClN3O3/c1-12-10(16)14-6-3-8-7(2-5(6)11)13-9(15)4-17-8/h2-3H,4H2,1H3,(H,13,15)(H2,12,14,16). The molecule has 1 aliphatic heterocycles. The van der Waals surface area contributed by atoms with E-state index >= 15 is 0 Å².